The first kappa shape index (κ1) is 13.3. The Morgan fingerprint density at radius 2 is 1.94 bits per heavy atom. The van der Waals surface area contributed by atoms with Gasteiger partial charge in [0.2, 0.25) is 0 Å². The first-order valence-corrected chi connectivity index (χ1v) is 6.51. The number of carbonyl (C=O) groups is 2. The fourth-order valence-corrected chi connectivity index (χ4v) is 2.41. The molecule has 6 nitrogen and oxygen atoms in total. The average molecular weight is 255 g/mol. The minimum Gasteiger partial charge on any atom is -0.379 e. The van der Waals surface area contributed by atoms with Gasteiger partial charge in [-0.25, -0.2) is 4.79 Å². The van der Waals surface area contributed by atoms with Gasteiger partial charge in [-0.05, 0) is 13.3 Å². The second-order valence-corrected chi connectivity index (χ2v) is 4.99. The van der Waals surface area contributed by atoms with Gasteiger partial charge in [0.1, 0.15) is 5.54 Å². The Morgan fingerprint density at radius 3 is 2.56 bits per heavy atom. The van der Waals surface area contributed by atoms with E-state index in [9.17, 15) is 9.59 Å². The van der Waals surface area contributed by atoms with Crippen LogP contribution in [0.15, 0.2) is 0 Å². The normalized spacial score (nSPS) is 29.8. The van der Waals surface area contributed by atoms with E-state index in [1.54, 1.807) is 4.90 Å². The van der Waals surface area contributed by atoms with Crippen molar-refractivity contribution in [1.29, 1.82) is 0 Å². The average Bonchev–Trinajstić information content (AvgIpc) is 2.60. The van der Waals surface area contributed by atoms with Crippen molar-refractivity contribution < 1.29 is 14.3 Å². The lowest BCUT2D eigenvalue weighted by Crippen LogP contribution is -2.50. The van der Waals surface area contributed by atoms with E-state index in [0.717, 1.165) is 32.8 Å². The van der Waals surface area contributed by atoms with Crippen molar-refractivity contribution in [1.82, 2.24) is 15.1 Å². The van der Waals surface area contributed by atoms with Crippen LogP contribution in [0.2, 0.25) is 0 Å². The van der Waals surface area contributed by atoms with Gasteiger partial charge in [-0.1, -0.05) is 6.92 Å². The number of ether oxygens (including phenoxy) is 1. The largest absolute Gasteiger partial charge is 0.379 e. The van der Waals surface area contributed by atoms with Crippen molar-refractivity contribution >= 4 is 11.9 Å². The van der Waals surface area contributed by atoms with E-state index < -0.39 is 5.54 Å². The summed E-state index contributed by atoms with van der Waals surface area (Å²) in [5.74, 6) is -0.183. The van der Waals surface area contributed by atoms with Crippen LogP contribution in [-0.4, -0.2) is 66.7 Å². The maximum atomic E-state index is 11.8. The molecule has 0 aromatic carbocycles. The molecular formula is C12H21N3O3. The highest BCUT2D eigenvalue weighted by Crippen LogP contribution is 2.24. The molecule has 2 rings (SSSR count). The molecule has 3 amide bonds. The maximum absolute atomic E-state index is 11.8. The van der Waals surface area contributed by atoms with E-state index >= 15 is 0 Å². The molecule has 1 atom stereocenters. The highest BCUT2D eigenvalue weighted by molar-refractivity contribution is 6.06. The highest BCUT2D eigenvalue weighted by atomic mass is 16.5. The predicted molar refractivity (Wildman–Crippen MR) is 66.2 cm³/mol. The Morgan fingerprint density at radius 1 is 1.28 bits per heavy atom. The minimum absolute atomic E-state index is 0.183. The molecule has 0 bridgehead atoms. The molecule has 0 saturated carbocycles. The van der Waals surface area contributed by atoms with Crippen LogP contribution in [0.25, 0.3) is 0 Å². The second-order valence-electron chi connectivity index (χ2n) is 4.99. The molecule has 6 heteroatoms. The third-order valence-corrected chi connectivity index (χ3v) is 3.98. The van der Waals surface area contributed by atoms with Crippen LogP contribution in [0.1, 0.15) is 20.3 Å². The van der Waals surface area contributed by atoms with Gasteiger partial charge in [0.05, 0.1) is 13.2 Å². The summed E-state index contributed by atoms with van der Waals surface area (Å²) in [4.78, 5) is 27.5. The van der Waals surface area contributed by atoms with Gasteiger partial charge in [-0.2, -0.15) is 0 Å². The molecule has 0 aromatic rings. The number of hydrogen-bond donors (Lipinski definition) is 1. The smallest absolute Gasteiger partial charge is 0.325 e. The number of urea groups is 1. The van der Waals surface area contributed by atoms with Gasteiger partial charge >= 0.3 is 6.03 Å². The van der Waals surface area contributed by atoms with Crippen LogP contribution in [-0.2, 0) is 9.53 Å². The molecule has 2 saturated heterocycles. The zero-order valence-electron chi connectivity index (χ0n) is 11.1. The molecule has 0 aliphatic carbocycles. The Balaban J connectivity index is 1.94. The first-order valence-electron chi connectivity index (χ1n) is 6.51. The van der Waals surface area contributed by atoms with Gasteiger partial charge in [0, 0.05) is 26.2 Å². The number of carbonyl (C=O) groups excluding carboxylic acids is 2. The van der Waals surface area contributed by atoms with E-state index in [4.69, 9.17) is 4.74 Å². The van der Waals surface area contributed by atoms with Gasteiger partial charge in [0.15, 0.2) is 0 Å². The summed E-state index contributed by atoms with van der Waals surface area (Å²) in [6.45, 7) is 8.42. The molecule has 0 spiro atoms. The fourth-order valence-electron chi connectivity index (χ4n) is 2.41. The Labute approximate surface area is 107 Å². The third-order valence-electron chi connectivity index (χ3n) is 3.98. The summed E-state index contributed by atoms with van der Waals surface area (Å²) in [6, 6.07) is -0.266. The number of nitrogens with one attached hydrogen (secondary N) is 1. The standard InChI is InChI=1S/C12H21N3O3/c1-3-12(2)10(16)13-11(17)15(12)5-4-14-6-8-18-9-7-14/h3-9H2,1-2H3,(H,13,16,17). The van der Waals surface area contributed by atoms with E-state index in [1.165, 1.54) is 0 Å². The maximum Gasteiger partial charge on any atom is 0.325 e. The summed E-state index contributed by atoms with van der Waals surface area (Å²) in [6.07, 6.45) is 0.633. The van der Waals surface area contributed by atoms with Crippen LogP contribution >= 0.6 is 0 Å². The fraction of sp³-hybridized carbons (Fsp3) is 0.833. The summed E-state index contributed by atoms with van der Waals surface area (Å²) >= 11 is 0. The molecule has 102 valence electrons. The summed E-state index contributed by atoms with van der Waals surface area (Å²) in [5.41, 5.74) is -0.691. The number of imide groups is 1. The molecule has 0 radical (unpaired) electrons. The van der Waals surface area contributed by atoms with Crippen molar-refractivity contribution in [3.05, 3.63) is 0 Å². The van der Waals surface area contributed by atoms with Crippen molar-refractivity contribution in [2.45, 2.75) is 25.8 Å². The van der Waals surface area contributed by atoms with E-state index in [0.29, 0.717) is 13.0 Å². The number of nitrogens with zero attached hydrogens (tertiary/aromatic N) is 2. The molecule has 2 aliphatic rings. The van der Waals surface area contributed by atoms with E-state index in [1.807, 2.05) is 13.8 Å². The lowest BCUT2D eigenvalue weighted by atomic mass is 9.97. The molecule has 2 aliphatic heterocycles. The molecule has 2 heterocycles. The zero-order valence-corrected chi connectivity index (χ0v) is 11.1. The molecule has 1 unspecified atom stereocenters. The van der Waals surface area contributed by atoms with Crippen LogP contribution in [0.4, 0.5) is 4.79 Å². The molecule has 1 N–H and O–H groups in total. The van der Waals surface area contributed by atoms with Crippen molar-refractivity contribution in [3.8, 4) is 0 Å². The number of hydrogen-bond acceptors (Lipinski definition) is 4. The van der Waals surface area contributed by atoms with Gasteiger partial charge in [-0.15, -0.1) is 0 Å². The van der Waals surface area contributed by atoms with Crippen molar-refractivity contribution in [3.63, 3.8) is 0 Å². The van der Waals surface area contributed by atoms with Crippen LogP contribution in [0.3, 0.4) is 0 Å². The number of rotatable bonds is 4. The molecule has 2 fully saturated rings. The molecular weight excluding hydrogens is 234 g/mol. The lowest BCUT2D eigenvalue weighted by Gasteiger charge is -2.34. The second kappa shape index (κ2) is 5.24. The lowest BCUT2D eigenvalue weighted by molar-refractivity contribution is -0.126. The van der Waals surface area contributed by atoms with Crippen molar-refractivity contribution in [2.24, 2.45) is 0 Å². The Hall–Kier alpha value is -1.14. The van der Waals surface area contributed by atoms with Crippen LogP contribution < -0.4 is 5.32 Å². The zero-order chi connectivity index (χ0) is 13.2. The Kier molecular flexibility index (Phi) is 3.87. The van der Waals surface area contributed by atoms with E-state index in [2.05, 4.69) is 10.2 Å². The number of morpholine rings is 1. The predicted octanol–water partition coefficient (Wildman–Crippen LogP) is 0.0391. The van der Waals surface area contributed by atoms with Crippen LogP contribution in [0.5, 0.6) is 0 Å². The quantitative estimate of drug-likeness (QED) is 0.720. The summed E-state index contributed by atoms with van der Waals surface area (Å²) in [5, 5.41) is 2.40. The first-order chi connectivity index (χ1) is 8.58. The van der Waals surface area contributed by atoms with E-state index in [-0.39, 0.29) is 11.9 Å². The van der Waals surface area contributed by atoms with Gasteiger partial charge < -0.3 is 9.64 Å². The third kappa shape index (κ3) is 2.35. The SMILES string of the molecule is CCC1(C)C(=O)NC(=O)N1CCN1CCOCC1. The highest BCUT2D eigenvalue weighted by Gasteiger charge is 2.47. The van der Waals surface area contributed by atoms with Gasteiger partial charge in [-0.3, -0.25) is 15.0 Å². The van der Waals surface area contributed by atoms with Crippen molar-refractivity contribution in [2.75, 3.05) is 39.4 Å². The Bertz CT molecular complexity index is 341. The topological polar surface area (TPSA) is 61.9 Å². The molecule has 18 heavy (non-hydrogen) atoms. The molecule has 0 aromatic heterocycles. The summed E-state index contributed by atoms with van der Waals surface area (Å²) in [7, 11) is 0. The summed E-state index contributed by atoms with van der Waals surface area (Å²) < 4.78 is 5.28. The minimum atomic E-state index is -0.691. The monoisotopic (exact) mass is 255 g/mol. The number of amides is 3. The van der Waals surface area contributed by atoms with Crippen LogP contribution in [0, 0.1) is 0 Å². The van der Waals surface area contributed by atoms with Gasteiger partial charge in [0.25, 0.3) is 5.91 Å².